The van der Waals surface area contributed by atoms with Gasteiger partial charge >= 0.3 is 11.9 Å². The molecule has 6 aromatic carbocycles. The van der Waals surface area contributed by atoms with Crippen LogP contribution in [0.25, 0.3) is 76.5 Å². The maximum Gasteiger partial charge on any atom is 0.337 e. The van der Waals surface area contributed by atoms with E-state index in [0.717, 1.165) is 82.5 Å². The summed E-state index contributed by atoms with van der Waals surface area (Å²) in [5.74, 6) is 1.86. The number of hydrogen-bond acceptors (Lipinski definition) is 16. The maximum absolute atomic E-state index is 13.4. The highest BCUT2D eigenvalue weighted by molar-refractivity contribution is 6.31. The molecule has 392 valence electrons. The van der Waals surface area contributed by atoms with E-state index in [0.29, 0.717) is 45.6 Å². The number of rotatable bonds is 10. The largest absolute Gasteiger partial charge is 0.497 e. The molecular weight excluding hydrogens is 1040 g/mol. The quantitative estimate of drug-likeness (QED) is 0.0738. The Bertz CT molecular complexity index is 4510. The summed E-state index contributed by atoms with van der Waals surface area (Å²) in [6.07, 6.45) is 10.5. The van der Waals surface area contributed by atoms with Gasteiger partial charge in [0.2, 0.25) is 0 Å². The number of halogens is 2. The van der Waals surface area contributed by atoms with E-state index in [4.69, 9.17) is 30.6 Å². The SMILES string of the molecule is COC(=O)c1ccc2c(c1)nc(Nc1ccc(F)c(Cl)c1)c1ccncc12.COc1cccc(Nc2nc3cc(C(=O)O)ccc3c3cnccc23)c1.Cc1noc(-c2ccc3c(c2)nc(Nc2ccccc2)c2ccncc23)n1. The van der Waals surface area contributed by atoms with Crippen molar-refractivity contribution in [3.63, 3.8) is 0 Å². The van der Waals surface area contributed by atoms with Crippen molar-refractivity contribution < 1.29 is 33.1 Å². The fraction of sp³-hybridized carbons (Fsp3) is 0.0492. The molecular formula is C61H43ClFN11O6. The molecule has 7 heterocycles. The van der Waals surface area contributed by atoms with Gasteiger partial charge in [-0.1, -0.05) is 59.2 Å². The van der Waals surface area contributed by atoms with Gasteiger partial charge in [-0.25, -0.2) is 28.9 Å². The zero-order chi connectivity index (χ0) is 55.3. The second-order valence-corrected chi connectivity index (χ2v) is 18.3. The fourth-order valence-corrected chi connectivity index (χ4v) is 9.14. The van der Waals surface area contributed by atoms with Gasteiger partial charge in [0.15, 0.2) is 5.82 Å². The molecule has 0 amide bonds. The van der Waals surface area contributed by atoms with E-state index in [1.54, 1.807) is 81.4 Å². The Labute approximate surface area is 459 Å². The highest BCUT2D eigenvalue weighted by atomic mass is 35.5. The van der Waals surface area contributed by atoms with Gasteiger partial charge < -0.3 is 35.1 Å². The van der Waals surface area contributed by atoms with E-state index < -0.39 is 17.8 Å². The molecule has 0 aliphatic heterocycles. The number of methoxy groups -OCH3 is 2. The molecule has 13 aromatic rings. The number of fused-ring (bicyclic) bond motifs is 9. The highest BCUT2D eigenvalue weighted by Gasteiger charge is 2.16. The third-order valence-electron chi connectivity index (χ3n) is 12.8. The van der Waals surface area contributed by atoms with E-state index >= 15 is 0 Å². The van der Waals surface area contributed by atoms with E-state index in [1.807, 2.05) is 103 Å². The number of hydrogen-bond donors (Lipinski definition) is 4. The number of nitrogens with one attached hydrogen (secondary N) is 3. The standard InChI is InChI=1S/C21H15N5O.C20H13ClFN3O2.C20H15N3O3/c1-13-23-21(27-26-13)14-7-8-16-18-12-22-10-9-17(18)20(25-19(16)11-14)24-15-5-3-2-4-6-15;1-27-20(26)11-2-4-13-15-10-23-7-6-14(15)19(25-18(13)8-11)24-12-3-5-17(22)16(21)9-12;1-26-14-4-2-3-13(10-14)22-19-16-7-8-21-11-17(16)15-6-5-12(20(24)25)9-18(15)23-19/h2-12H,1H3,(H,24,25);2-10H,1H3,(H,24,25);2-11H,1H3,(H,22,23)(H,24,25). The number of aromatic nitrogens is 8. The molecule has 13 rings (SSSR count). The Morgan fingerprint density at radius 3 is 1.60 bits per heavy atom. The number of para-hydroxylation sites is 1. The number of benzene rings is 6. The van der Waals surface area contributed by atoms with E-state index in [1.165, 1.54) is 19.2 Å². The topological polar surface area (TPSA) is 225 Å². The lowest BCUT2D eigenvalue weighted by atomic mass is 10.1. The summed E-state index contributed by atoms with van der Waals surface area (Å²) in [4.78, 5) is 54.3. The van der Waals surface area contributed by atoms with E-state index in [9.17, 15) is 19.1 Å². The lowest BCUT2D eigenvalue weighted by Crippen LogP contribution is -2.02. The maximum atomic E-state index is 13.4. The van der Waals surface area contributed by atoms with Crippen LogP contribution in [0.15, 0.2) is 187 Å². The van der Waals surface area contributed by atoms with Crippen molar-refractivity contribution in [2.75, 3.05) is 30.2 Å². The molecule has 7 aromatic heterocycles. The number of aryl methyl sites for hydroxylation is 1. The molecule has 0 aliphatic carbocycles. The number of nitrogens with zero attached hydrogens (tertiary/aromatic N) is 8. The minimum Gasteiger partial charge on any atom is -0.497 e. The monoisotopic (exact) mass is 1080 g/mol. The predicted molar refractivity (Wildman–Crippen MR) is 308 cm³/mol. The van der Waals surface area contributed by atoms with Gasteiger partial charge in [-0.3, -0.25) is 15.0 Å². The normalized spacial score (nSPS) is 11.0. The van der Waals surface area contributed by atoms with Crippen molar-refractivity contribution in [3.8, 4) is 17.2 Å². The number of ether oxygens (including phenoxy) is 2. The lowest BCUT2D eigenvalue weighted by Gasteiger charge is -2.12. The molecule has 4 N–H and O–H groups in total. The molecule has 0 atom stereocenters. The van der Waals surface area contributed by atoms with Crippen molar-refractivity contribution in [1.29, 1.82) is 0 Å². The number of carboxylic acid groups (broad SMARTS) is 1. The van der Waals surface area contributed by atoms with Gasteiger partial charge in [0.05, 0.1) is 46.9 Å². The second-order valence-electron chi connectivity index (χ2n) is 17.9. The molecule has 0 radical (unpaired) electrons. The zero-order valence-corrected chi connectivity index (χ0v) is 43.4. The fourth-order valence-electron chi connectivity index (χ4n) is 8.96. The summed E-state index contributed by atoms with van der Waals surface area (Å²) in [7, 11) is 2.94. The number of carbonyl (C=O) groups excluding carboxylic acids is 1. The second kappa shape index (κ2) is 22.5. The summed E-state index contributed by atoms with van der Waals surface area (Å²) in [6.45, 7) is 1.80. The van der Waals surface area contributed by atoms with Crippen molar-refractivity contribution in [2.45, 2.75) is 6.92 Å². The number of anilines is 6. The van der Waals surface area contributed by atoms with Crippen LogP contribution in [-0.4, -0.2) is 71.3 Å². The zero-order valence-electron chi connectivity index (χ0n) is 42.6. The molecule has 0 saturated heterocycles. The smallest absolute Gasteiger partial charge is 0.337 e. The summed E-state index contributed by atoms with van der Waals surface area (Å²) in [6, 6.07) is 43.6. The van der Waals surface area contributed by atoms with Crippen LogP contribution >= 0.6 is 11.6 Å². The molecule has 17 nitrogen and oxygen atoms in total. The van der Waals surface area contributed by atoms with Crippen LogP contribution in [0, 0.1) is 12.7 Å². The first-order valence-electron chi connectivity index (χ1n) is 24.6. The first-order valence-corrected chi connectivity index (χ1v) is 25.0. The third-order valence-corrected chi connectivity index (χ3v) is 13.1. The van der Waals surface area contributed by atoms with Crippen LogP contribution in [0.1, 0.15) is 26.5 Å². The molecule has 0 spiro atoms. The Morgan fingerprint density at radius 1 is 0.537 bits per heavy atom. The lowest BCUT2D eigenvalue weighted by molar-refractivity contribution is 0.0600. The summed E-state index contributed by atoms with van der Waals surface area (Å²) in [5.41, 5.74) is 5.86. The number of carbonyl (C=O) groups is 2. The van der Waals surface area contributed by atoms with E-state index in [2.05, 4.69) is 51.0 Å². The first-order chi connectivity index (χ1) is 39.0. The molecule has 80 heavy (non-hydrogen) atoms. The van der Waals surface area contributed by atoms with Crippen LogP contribution in [0.4, 0.5) is 38.9 Å². The summed E-state index contributed by atoms with van der Waals surface area (Å²) in [5, 5.41) is 31.3. The minimum absolute atomic E-state index is 0.0136. The van der Waals surface area contributed by atoms with Gasteiger partial charge in [0, 0.05) is 114 Å². The van der Waals surface area contributed by atoms with Gasteiger partial charge in [-0.2, -0.15) is 4.98 Å². The van der Waals surface area contributed by atoms with E-state index in [-0.39, 0.29) is 10.6 Å². The van der Waals surface area contributed by atoms with Crippen molar-refractivity contribution in [3.05, 3.63) is 211 Å². The number of aromatic carboxylic acids is 1. The van der Waals surface area contributed by atoms with Crippen LogP contribution in [0.2, 0.25) is 5.02 Å². The Morgan fingerprint density at radius 2 is 1.06 bits per heavy atom. The predicted octanol–water partition coefficient (Wildman–Crippen LogP) is 14.2. The first kappa shape index (κ1) is 51.4. The van der Waals surface area contributed by atoms with Gasteiger partial charge in [-0.15, -0.1) is 0 Å². The van der Waals surface area contributed by atoms with Crippen molar-refractivity contribution in [2.24, 2.45) is 0 Å². The molecule has 0 fully saturated rings. The molecule has 0 aliphatic rings. The van der Waals surface area contributed by atoms with Crippen molar-refractivity contribution in [1.82, 2.24) is 40.0 Å². The Hall–Kier alpha value is -10.7. The van der Waals surface area contributed by atoms with Gasteiger partial charge in [0.1, 0.15) is 29.0 Å². The van der Waals surface area contributed by atoms with Crippen molar-refractivity contribution >= 4 is 123 Å². The summed E-state index contributed by atoms with van der Waals surface area (Å²) >= 11 is 5.87. The average molecular weight is 1080 g/mol. The highest BCUT2D eigenvalue weighted by Crippen LogP contribution is 2.36. The molecule has 0 saturated carbocycles. The van der Waals surface area contributed by atoms with Crippen LogP contribution in [0.3, 0.4) is 0 Å². The van der Waals surface area contributed by atoms with Crippen LogP contribution in [-0.2, 0) is 4.74 Å². The molecule has 0 bridgehead atoms. The van der Waals surface area contributed by atoms with Crippen LogP contribution < -0.4 is 20.7 Å². The van der Waals surface area contributed by atoms with Gasteiger partial charge in [0.25, 0.3) is 5.89 Å². The Balaban J connectivity index is 0.000000127. The molecule has 0 unspecified atom stereocenters. The Kier molecular flexibility index (Phi) is 14.4. The molecule has 19 heteroatoms. The van der Waals surface area contributed by atoms with Crippen LogP contribution in [0.5, 0.6) is 5.75 Å². The average Bonchev–Trinajstić information content (AvgIpc) is 4.04. The number of esters is 1. The number of pyridine rings is 6. The van der Waals surface area contributed by atoms with Gasteiger partial charge in [-0.05, 0) is 104 Å². The minimum atomic E-state index is -0.984. The third kappa shape index (κ3) is 10.8. The number of carboxylic acids is 1. The summed E-state index contributed by atoms with van der Waals surface area (Å²) < 4.78 is 28.8.